The van der Waals surface area contributed by atoms with Gasteiger partial charge in [0.25, 0.3) is 0 Å². The molecule has 0 heterocycles. The van der Waals surface area contributed by atoms with Gasteiger partial charge >= 0.3 is 39.5 Å². The van der Waals surface area contributed by atoms with Crippen LogP contribution in [0.2, 0.25) is 0 Å². The van der Waals surface area contributed by atoms with Crippen molar-refractivity contribution < 1.29 is 80.2 Å². The number of hydrogen-bond acceptors (Lipinski definition) is 15. The van der Waals surface area contributed by atoms with E-state index in [0.29, 0.717) is 25.7 Å². The molecular formula is C82H160O17P2. The fourth-order valence-corrected chi connectivity index (χ4v) is 14.3. The number of unbranched alkanes of at least 4 members (excludes halogenated alkanes) is 54. The van der Waals surface area contributed by atoms with Gasteiger partial charge in [-0.1, -0.05) is 388 Å². The van der Waals surface area contributed by atoms with Gasteiger partial charge in [0, 0.05) is 25.7 Å². The zero-order valence-electron chi connectivity index (χ0n) is 66.1. The highest BCUT2D eigenvalue weighted by atomic mass is 31.2. The van der Waals surface area contributed by atoms with Gasteiger partial charge in [-0.3, -0.25) is 37.3 Å². The number of hydrogen-bond donors (Lipinski definition) is 3. The van der Waals surface area contributed by atoms with Gasteiger partial charge in [-0.05, 0) is 31.6 Å². The molecular weight excluding hydrogens is 1320 g/mol. The molecule has 0 aromatic carbocycles. The van der Waals surface area contributed by atoms with Crippen molar-refractivity contribution in [2.75, 3.05) is 39.6 Å². The lowest BCUT2D eigenvalue weighted by molar-refractivity contribution is -0.161. The van der Waals surface area contributed by atoms with Gasteiger partial charge in [0.15, 0.2) is 12.2 Å². The Labute approximate surface area is 619 Å². The Balaban J connectivity index is 5.17. The molecule has 101 heavy (non-hydrogen) atoms. The van der Waals surface area contributed by atoms with E-state index in [9.17, 15) is 43.2 Å². The maximum Gasteiger partial charge on any atom is 0.472 e. The van der Waals surface area contributed by atoms with Crippen molar-refractivity contribution in [1.82, 2.24) is 0 Å². The van der Waals surface area contributed by atoms with Crippen molar-refractivity contribution in [3.8, 4) is 0 Å². The van der Waals surface area contributed by atoms with Crippen LogP contribution in [-0.4, -0.2) is 96.7 Å². The van der Waals surface area contributed by atoms with E-state index >= 15 is 0 Å². The molecule has 17 nitrogen and oxygen atoms in total. The summed E-state index contributed by atoms with van der Waals surface area (Å²) in [5.41, 5.74) is 0. The van der Waals surface area contributed by atoms with E-state index < -0.39 is 97.5 Å². The first-order valence-corrected chi connectivity index (χ1v) is 45.6. The third-order valence-electron chi connectivity index (χ3n) is 19.3. The minimum atomic E-state index is -4.96. The van der Waals surface area contributed by atoms with Crippen LogP contribution in [0.15, 0.2) is 0 Å². The SMILES string of the molecule is CCCCCCCCCCCCCCCCCCCCCCCC(=O)O[C@H](COC(=O)CCCCCCCCCCCCCCCCC(C)C)COP(=O)(O)OC[C@@H](O)COP(=O)(O)OC[C@@H](COC(=O)CCCCCCCCC)OC(=O)CCCCCCCCCCCCCCCCCC. The number of phosphoric acid groups is 2. The Hall–Kier alpha value is -1.94. The van der Waals surface area contributed by atoms with Crippen LogP contribution < -0.4 is 0 Å². The number of carbonyl (C=O) groups excluding carboxylic acids is 4. The molecule has 5 atom stereocenters. The molecule has 0 aliphatic rings. The van der Waals surface area contributed by atoms with Crippen LogP contribution in [0.1, 0.15) is 439 Å². The van der Waals surface area contributed by atoms with Crippen LogP contribution >= 0.6 is 15.6 Å². The summed E-state index contributed by atoms with van der Waals surface area (Å²) < 4.78 is 68.6. The summed E-state index contributed by atoms with van der Waals surface area (Å²) in [6, 6.07) is 0. The highest BCUT2D eigenvalue weighted by molar-refractivity contribution is 7.47. The number of aliphatic hydroxyl groups is 1. The van der Waals surface area contributed by atoms with Crippen molar-refractivity contribution >= 4 is 39.5 Å². The third-order valence-corrected chi connectivity index (χ3v) is 21.2. The van der Waals surface area contributed by atoms with Gasteiger partial charge in [-0.25, -0.2) is 9.13 Å². The summed E-state index contributed by atoms with van der Waals surface area (Å²) in [4.78, 5) is 72.9. The highest BCUT2D eigenvalue weighted by Gasteiger charge is 2.30. The molecule has 0 aliphatic heterocycles. The zero-order valence-corrected chi connectivity index (χ0v) is 67.8. The number of rotatable bonds is 82. The average molecular weight is 1480 g/mol. The molecule has 0 aliphatic carbocycles. The molecule has 0 radical (unpaired) electrons. The van der Waals surface area contributed by atoms with Crippen LogP contribution in [0.4, 0.5) is 0 Å². The zero-order chi connectivity index (χ0) is 74.1. The molecule has 0 aromatic rings. The number of phosphoric ester groups is 2. The van der Waals surface area contributed by atoms with Gasteiger partial charge in [0.2, 0.25) is 0 Å². The van der Waals surface area contributed by atoms with Crippen molar-refractivity contribution in [1.29, 1.82) is 0 Å². The van der Waals surface area contributed by atoms with E-state index in [1.54, 1.807) is 0 Å². The summed E-state index contributed by atoms with van der Waals surface area (Å²) in [6.45, 7) is 7.32. The number of ether oxygens (including phenoxy) is 4. The smallest absolute Gasteiger partial charge is 0.462 e. The topological polar surface area (TPSA) is 237 Å². The quantitative estimate of drug-likeness (QED) is 0.0222. The normalized spacial score (nSPS) is 13.8. The van der Waals surface area contributed by atoms with Crippen molar-refractivity contribution in [2.24, 2.45) is 5.92 Å². The van der Waals surface area contributed by atoms with E-state index in [1.807, 2.05) is 0 Å². The molecule has 0 spiro atoms. The van der Waals surface area contributed by atoms with Crippen LogP contribution in [0.25, 0.3) is 0 Å². The molecule has 0 fully saturated rings. The first-order valence-electron chi connectivity index (χ1n) is 42.6. The van der Waals surface area contributed by atoms with E-state index in [1.165, 1.54) is 250 Å². The van der Waals surface area contributed by atoms with Gasteiger partial charge in [0.1, 0.15) is 19.3 Å². The van der Waals surface area contributed by atoms with Gasteiger partial charge in [0.05, 0.1) is 26.4 Å². The molecule has 2 unspecified atom stereocenters. The maximum atomic E-state index is 13.1. The lowest BCUT2D eigenvalue weighted by Gasteiger charge is -2.21. The predicted octanol–water partition coefficient (Wildman–Crippen LogP) is 24.8. The van der Waals surface area contributed by atoms with Crippen LogP contribution in [0.3, 0.4) is 0 Å². The molecule has 0 amide bonds. The molecule has 0 bridgehead atoms. The van der Waals surface area contributed by atoms with Gasteiger partial charge in [-0.15, -0.1) is 0 Å². The van der Waals surface area contributed by atoms with Crippen LogP contribution in [-0.2, 0) is 65.4 Å². The molecule has 0 saturated heterocycles. The Morgan fingerprint density at radius 2 is 0.455 bits per heavy atom. The fraction of sp³-hybridized carbons (Fsp3) is 0.951. The fourth-order valence-electron chi connectivity index (χ4n) is 12.8. The second-order valence-corrected chi connectivity index (χ2v) is 32.9. The minimum absolute atomic E-state index is 0.108. The third kappa shape index (κ3) is 76.1. The van der Waals surface area contributed by atoms with Gasteiger partial charge in [-0.2, -0.15) is 0 Å². The molecule has 0 rings (SSSR count). The van der Waals surface area contributed by atoms with Gasteiger partial charge < -0.3 is 33.8 Å². The Morgan fingerprint density at radius 1 is 0.267 bits per heavy atom. The standard InChI is InChI=1S/C82H160O17P2/c1-6-9-12-15-18-20-22-24-26-28-29-30-31-32-34-40-44-48-53-58-63-68-82(87)99-78(72-93-80(85)66-61-56-51-46-42-38-36-35-37-41-45-50-54-59-64-75(4)5)74-97-101(90,91)95-70-76(83)69-94-100(88,89)96-73-77(71-92-79(84)65-60-55-49-17-14-11-8-3)98-81(86)67-62-57-52-47-43-39-33-27-25-23-21-19-16-13-10-7-2/h75-78,83H,6-74H2,1-5H3,(H,88,89)(H,90,91)/t76-,77+,78+/m0/s1. The van der Waals surface area contributed by atoms with E-state index in [2.05, 4.69) is 34.6 Å². The van der Waals surface area contributed by atoms with E-state index in [4.69, 9.17) is 37.0 Å². The highest BCUT2D eigenvalue weighted by Crippen LogP contribution is 2.45. The molecule has 3 N–H and O–H groups in total. The molecule has 0 aromatic heterocycles. The lowest BCUT2D eigenvalue weighted by atomic mass is 10.0. The first-order chi connectivity index (χ1) is 49.0. The van der Waals surface area contributed by atoms with Crippen molar-refractivity contribution in [2.45, 2.75) is 457 Å². The number of esters is 4. The summed E-state index contributed by atoms with van der Waals surface area (Å²) >= 11 is 0. The summed E-state index contributed by atoms with van der Waals surface area (Å²) in [6.07, 6.45) is 66.8. The summed E-state index contributed by atoms with van der Waals surface area (Å²) in [7, 11) is -9.91. The molecule has 0 saturated carbocycles. The lowest BCUT2D eigenvalue weighted by Crippen LogP contribution is -2.30. The van der Waals surface area contributed by atoms with E-state index in [-0.39, 0.29) is 25.7 Å². The number of carbonyl (C=O) groups is 4. The Morgan fingerprint density at radius 3 is 0.673 bits per heavy atom. The van der Waals surface area contributed by atoms with Crippen LogP contribution in [0.5, 0.6) is 0 Å². The Bertz CT molecular complexity index is 1930. The molecule has 19 heteroatoms. The number of aliphatic hydroxyl groups excluding tert-OH is 1. The van der Waals surface area contributed by atoms with Crippen molar-refractivity contribution in [3.05, 3.63) is 0 Å². The second kappa shape index (κ2) is 74.9. The van der Waals surface area contributed by atoms with Crippen molar-refractivity contribution in [3.63, 3.8) is 0 Å². The minimum Gasteiger partial charge on any atom is -0.462 e. The average Bonchev–Trinajstić information content (AvgIpc) is 0.982. The monoisotopic (exact) mass is 1480 g/mol. The molecule has 600 valence electrons. The first kappa shape index (κ1) is 99.1. The maximum absolute atomic E-state index is 13.1. The predicted molar refractivity (Wildman–Crippen MR) is 414 cm³/mol. The summed E-state index contributed by atoms with van der Waals surface area (Å²) in [5, 5.41) is 10.6. The second-order valence-electron chi connectivity index (χ2n) is 30.0. The van der Waals surface area contributed by atoms with E-state index in [0.717, 1.165) is 109 Å². The Kier molecular flexibility index (Phi) is 73.5. The summed E-state index contributed by atoms with van der Waals surface area (Å²) in [5.74, 6) is -1.31. The van der Waals surface area contributed by atoms with Crippen LogP contribution in [0, 0.1) is 5.92 Å². The largest absolute Gasteiger partial charge is 0.472 e.